The van der Waals surface area contributed by atoms with Gasteiger partial charge >= 0.3 is 0 Å². The van der Waals surface area contributed by atoms with Crippen LogP contribution in [0.2, 0.25) is 5.02 Å². The summed E-state index contributed by atoms with van der Waals surface area (Å²) in [6.45, 7) is 3.89. The maximum atomic E-state index is 12.2. The van der Waals surface area contributed by atoms with E-state index in [1.165, 1.54) is 0 Å². The summed E-state index contributed by atoms with van der Waals surface area (Å²) in [4.78, 5) is 21.1. The number of benzene rings is 2. The van der Waals surface area contributed by atoms with E-state index in [0.29, 0.717) is 41.5 Å². The molecule has 4 aromatic rings. The fourth-order valence-electron chi connectivity index (χ4n) is 3.72. The van der Waals surface area contributed by atoms with Crippen LogP contribution in [0.1, 0.15) is 40.5 Å². The van der Waals surface area contributed by atoms with Crippen LogP contribution in [0, 0.1) is 6.92 Å². The molecule has 0 amide bonds. The number of aromatic nitrogens is 4. The van der Waals surface area contributed by atoms with E-state index in [1.807, 2.05) is 49.8 Å². The zero-order valence-electron chi connectivity index (χ0n) is 19.1. The van der Waals surface area contributed by atoms with Gasteiger partial charge in [-0.15, -0.1) is 0 Å². The smallest absolute Gasteiger partial charge is 0.227 e. The summed E-state index contributed by atoms with van der Waals surface area (Å²) < 4.78 is 7.23. The minimum absolute atomic E-state index is 0.0593. The summed E-state index contributed by atoms with van der Waals surface area (Å²) in [5.41, 5.74) is 5.38. The number of carbonyl (C=O) groups excluding carboxylic acids is 1. The number of nitrogens with zero attached hydrogens (tertiary/aromatic N) is 4. The number of ketones is 1. The van der Waals surface area contributed by atoms with Gasteiger partial charge in [0.15, 0.2) is 5.78 Å². The van der Waals surface area contributed by atoms with E-state index < -0.39 is 0 Å². The number of aryl methyl sites for hydroxylation is 4. The molecule has 8 heteroatoms. The molecule has 7 nitrogen and oxygen atoms in total. The van der Waals surface area contributed by atoms with Crippen molar-refractivity contribution in [2.75, 3.05) is 12.4 Å². The Labute approximate surface area is 197 Å². The van der Waals surface area contributed by atoms with E-state index in [4.69, 9.17) is 16.3 Å². The van der Waals surface area contributed by atoms with Crippen LogP contribution in [0.5, 0.6) is 5.75 Å². The normalized spacial score (nSPS) is 11.1. The first-order valence-electron chi connectivity index (χ1n) is 10.8. The Bertz CT molecular complexity index is 1310. The molecule has 0 aliphatic rings. The zero-order valence-corrected chi connectivity index (χ0v) is 19.9. The molecule has 2 aromatic carbocycles. The van der Waals surface area contributed by atoms with Crippen molar-refractivity contribution >= 4 is 39.9 Å². The molecule has 2 aromatic heterocycles. The van der Waals surface area contributed by atoms with Gasteiger partial charge in [0.25, 0.3) is 0 Å². The van der Waals surface area contributed by atoms with Crippen LogP contribution >= 0.6 is 11.6 Å². The van der Waals surface area contributed by atoms with Crippen LogP contribution in [0.15, 0.2) is 42.7 Å². The van der Waals surface area contributed by atoms with Crippen molar-refractivity contribution < 1.29 is 9.53 Å². The van der Waals surface area contributed by atoms with Crippen molar-refractivity contribution in [3.8, 4) is 5.75 Å². The first kappa shape index (κ1) is 22.7. The summed E-state index contributed by atoms with van der Waals surface area (Å²) >= 11 is 6.48. The van der Waals surface area contributed by atoms with Crippen molar-refractivity contribution in [2.45, 2.75) is 33.1 Å². The molecule has 0 aliphatic carbocycles. The molecule has 0 atom stereocenters. The Hall–Kier alpha value is -3.45. The standard InChI is InChI=1S/C25H26ClN5O2/c1-5-22(32)18-10-17(24(26)23(11-18)33-4)7-6-16-13-27-25(28-14-16)29-19-8-9-20-15(2)31(3)30-21(20)12-19/h8-14H,5-7H2,1-4H3,(H,27,28,29). The Morgan fingerprint density at radius 2 is 1.91 bits per heavy atom. The number of rotatable bonds is 8. The number of hydrogen-bond donors (Lipinski definition) is 1. The van der Waals surface area contributed by atoms with Crippen molar-refractivity contribution in [1.82, 2.24) is 19.7 Å². The summed E-state index contributed by atoms with van der Waals surface area (Å²) in [5.74, 6) is 1.09. The number of fused-ring (bicyclic) bond motifs is 1. The van der Waals surface area contributed by atoms with E-state index in [9.17, 15) is 4.79 Å². The Balaban J connectivity index is 1.45. The third-order valence-corrected chi connectivity index (χ3v) is 6.18. The van der Waals surface area contributed by atoms with Crippen LogP contribution in [-0.2, 0) is 19.9 Å². The van der Waals surface area contributed by atoms with Gasteiger partial charge in [-0.25, -0.2) is 9.97 Å². The molecular weight excluding hydrogens is 438 g/mol. The second kappa shape index (κ2) is 9.58. The number of Topliss-reactive ketones (excluding diaryl/α,β-unsaturated/α-hetero) is 1. The van der Waals surface area contributed by atoms with Gasteiger partial charge in [0.05, 0.1) is 17.6 Å². The Morgan fingerprint density at radius 3 is 2.61 bits per heavy atom. The number of anilines is 2. The van der Waals surface area contributed by atoms with Crippen molar-refractivity contribution in [1.29, 1.82) is 0 Å². The topological polar surface area (TPSA) is 81.9 Å². The minimum Gasteiger partial charge on any atom is -0.495 e. The molecule has 0 radical (unpaired) electrons. The average Bonchev–Trinajstić information content (AvgIpc) is 3.11. The first-order chi connectivity index (χ1) is 15.9. The van der Waals surface area contributed by atoms with Crippen molar-refractivity contribution in [2.24, 2.45) is 7.05 Å². The van der Waals surface area contributed by atoms with Gasteiger partial charge in [-0.05, 0) is 61.2 Å². The molecule has 0 fully saturated rings. The number of ether oxygens (including phenoxy) is 1. The first-order valence-corrected chi connectivity index (χ1v) is 11.2. The highest BCUT2D eigenvalue weighted by Gasteiger charge is 2.14. The SMILES string of the molecule is CCC(=O)c1cc(CCc2cnc(Nc3ccc4c(C)n(C)nc4c3)nc2)c(Cl)c(OC)c1. The van der Waals surface area contributed by atoms with E-state index in [0.717, 1.165) is 33.4 Å². The second-order valence-corrected chi connectivity index (χ2v) is 8.29. The maximum absolute atomic E-state index is 12.2. The molecule has 0 spiro atoms. The number of nitrogens with one attached hydrogen (secondary N) is 1. The lowest BCUT2D eigenvalue weighted by Crippen LogP contribution is -2.03. The van der Waals surface area contributed by atoms with Gasteiger partial charge in [0.1, 0.15) is 5.75 Å². The van der Waals surface area contributed by atoms with Crippen LogP contribution in [0.25, 0.3) is 10.9 Å². The van der Waals surface area contributed by atoms with Gasteiger partial charge in [-0.1, -0.05) is 18.5 Å². The molecule has 0 saturated carbocycles. The summed E-state index contributed by atoms with van der Waals surface area (Å²) in [6.07, 6.45) is 5.35. The second-order valence-electron chi connectivity index (χ2n) is 7.91. The molecule has 2 heterocycles. The lowest BCUT2D eigenvalue weighted by atomic mass is 10.0. The third-order valence-electron chi connectivity index (χ3n) is 5.75. The Kier molecular flexibility index (Phi) is 6.60. The van der Waals surface area contributed by atoms with Crippen LogP contribution in [0.3, 0.4) is 0 Å². The van der Waals surface area contributed by atoms with Gasteiger partial charge < -0.3 is 10.1 Å². The monoisotopic (exact) mass is 463 g/mol. The van der Waals surface area contributed by atoms with Gasteiger partial charge in [-0.3, -0.25) is 9.48 Å². The van der Waals surface area contributed by atoms with E-state index in [2.05, 4.69) is 20.4 Å². The van der Waals surface area contributed by atoms with Gasteiger partial charge in [0.2, 0.25) is 5.95 Å². The number of methoxy groups -OCH3 is 1. The highest BCUT2D eigenvalue weighted by atomic mass is 35.5. The molecule has 0 unspecified atom stereocenters. The number of carbonyl (C=O) groups is 1. The fraction of sp³-hybridized carbons (Fsp3) is 0.280. The van der Waals surface area contributed by atoms with E-state index >= 15 is 0 Å². The molecule has 4 rings (SSSR count). The Morgan fingerprint density at radius 1 is 1.15 bits per heavy atom. The van der Waals surface area contributed by atoms with Crippen molar-refractivity contribution in [3.63, 3.8) is 0 Å². The molecule has 170 valence electrons. The quantitative estimate of drug-likeness (QED) is 0.349. The lowest BCUT2D eigenvalue weighted by Gasteiger charge is -2.12. The molecule has 0 aliphatic heterocycles. The van der Waals surface area contributed by atoms with E-state index in [-0.39, 0.29) is 5.78 Å². The third kappa shape index (κ3) is 4.83. The molecule has 33 heavy (non-hydrogen) atoms. The summed E-state index contributed by atoms with van der Waals surface area (Å²) in [6, 6.07) is 9.57. The molecule has 1 N–H and O–H groups in total. The molecule has 0 bridgehead atoms. The summed E-state index contributed by atoms with van der Waals surface area (Å²) in [5, 5.41) is 9.41. The largest absolute Gasteiger partial charge is 0.495 e. The molecule has 0 saturated heterocycles. The highest BCUT2D eigenvalue weighted by molar-refractivity contribution is 6.33. The van der Waals surface area contributed by atoms with Crippen LogP contribution < -0.4 is 10.1 Å². The predicted octanol–water partition coefficient (Wildman–Crippen LogP) is 5.46. The number of halogens is 1. The predicted molar refractivity (Wildman–Crippen MR) is 131 cm³/mol. The van der Waals surface area contributed by atoms with Gasteiger partial charge in [-0.2, -0.15) is 5.10 Å². The lowest BCUT2D eigenvalue weighted by molar-refractivity contribution is 0.0987. The van der Waals surface area contributed by atoms with Gasteiger partial charge in [0, 0.05) is 48.2 Å². The highest BCUT2D eigenvalue weighted by Crippen LogP contribution is 2.31. The average molecular weight is 464 g/mol. The van der Waals surface area contributed by atoms with Crippen LogP contribution in [0.4, 0.5) is 11.6 Å². The molecular formula is C25H26ClN5O2. The number of hydrogen-bond acceptors (Lipinski definition) is 6. The minimum atomic E-state index is 0.0593. The fourth-order valence-corrected chi connectivity index (χ4v) is 4.00. The summed E-state index contributed by atoms with van der Waals surface area (Å²) in [7, 11) is 3.49. The van der Waals surface area contributed by atoms with Crippen molar-refractivity contribution in [3.05, 3.63) is 70.1 Å². The van der Waals surface area contributed by atoms with Crippen LogP contribution in [-0.4, -0.2) is 32.6 Å². The zero-order chi connectivity index (χ0) is 23.5. The maximum Gasteiger partial charge on any atom is 0.227 e. The van der Waals surface area contributed by atoms with E-state index in [1.54, 1.807) is 25.6 Å².